The van der Waals surface area contributed by atoms with Crippen LogP contribution >= 0.6 is 0 Å². The van der Waals surface area contributed by atoms with Gasteiger partial charge in [-0.15, -0.1) is 0 Å². The SMILES string of the molecule is CC(=O)N1CCC[C@](C[C@H]2CC(c3ccccc3C)=NO2)(C(=O)N[C@H](C)CN(C)C)C1. The molecule has 0 aliphatic carbocycles. The average Bonchev–Trinajstić information content (AvgIpc) is 3.15. The minimum absolute atomic E-state index is 0.0146. The van der Waals surface area contributed by atoms with E-state index in [0.29, 0.717) is 25.9 Å². The molecule has 3 atom stereocenters. The number of likely N-dealkylation sites (N-methyl/N-ethyl adjacent to an activating group) is 1. The molecule has 31 heavy (non-hydrogen) atoms. The van der Waals surface area contributed by atoms with Crippen molar-refractivity contribution in [3.63, 3.8) is 0 Å². The second-order valence-electron chi connectivity index (χ2n) is 9.45. The third kappa shape index (κ3) is 5.64. The zero-order chi connectivity index (χ0) is 22.6. The molecule has 2 aliphatic heterocycles. The maximum Gasteiger partial charge on any atom is 0.228 e. The Labute approximate surface area is 185 Å². The fourth-order valence-electron chi connectivity index (χ4n) is 4.84. The third-order valence-corrected chi connectivity index (χ3v) is 6.33. The molecule has 0 saturated carbocycles. The van der Waals surface area contributed by atoms with Gasteiger partial charge < -0.3 is 20.0 Å². The van der Waals surface area contributed by atoms with Crippen molar-refractivity contribution in [1.29, 1.82) is 0 Å². The van der Waals surface area contributed by atoms with Crippen LogP contribution in [0.2, 0.25) is 0 Å². The lowest BCUT2D eigenvalue weighted by atomic mass is 9.73. The van der Waals surface area contributed by atoms with E-state index >= 15 is 0 Å². The minimum atomic E-state index is -0.661. The van der Waals surface area contributed by atoms with Crippen molar-refractivity contribution < 1.29 is 14.4 Å². The average molecular weight is 429 g/mol. The first-order chi connectivity index (χ1) is 14.7. The third-order valence-electron chi connectivity index (χ3n) is 6.33. The molecule has 0 radical (unpaired) electrons. The van der Waals surface area contributed by atoms with E-state index in [4.69, 9.17) is 4.84 Å². The van der Waals surface area contributed by atoms with E-state index in [9.17, 15) is 9.59 Å². The lowest BCUT2D eigenvalue weighted by Gasteiger charge is -2.42. The van der Waals surface area contributed by atoms with Crippen molar-refractivity contribution in [1.82, 2.24) is 15.1 Å². The quantitative estimate of drug-likeness (QED) is 0.724. The summed E-state index contributed by atoms with van der Waals surface area (Å²) in [6.07, 6.45) is 2.62. The molecule has 7 heteroatoms. The van der Waals surface area contributed by atoms with Gasteiger partial charge in [-0.05, 0) is 46.3 Å². The van der Waals surface area contributed by atoms with Crippen molar-refractivity contribution in [2.24, 2.45) is 10.6 Å². The van der Waals surface area contributed by atoms with Gasteiger partial charge in [-0.2, -0.15) is 0 Å². The van der Waals surface area contributed by atoms with Gasteiger partial charge in [0.15, 0.2) is 0 Å². The van der Waals surface area contributed by atoms with E-state index in [1.807, 2.05) is 33.2 Å². The molecule has 3 rings (SSSR count). The molecule has 170 valence electrons. The summed E-state index contributed by atoms with van der Waals surface area (Å²) < 4.78 is 0. The van der Waals surface area contributed by atoms with Crippen LogP contribution in [0.3, 0.4) is 0 Å². The van der Waals surface area contributed by atoms with Gasteiger partial charge in [-0.25, -0.2) is 0 Å². The zero-order valence-corrected chi connectivity index (χ0v) is 19.5. The van der Waals surface area contributed by atoms with Gasteiger partial charge >= 0.3 is 0 Å². The molecule has 0 bridgehead atoms. The highest BCUT2D eigenvalue weighted by atomic mass is 16.6. The van der Waals surface area contributed by atoms with Crippen molar-refractivity contribution in [3.8, 4) is 0 Å². The second-order valence-corrected chi connectivity index (χ2v) is 9.45. The van der Waals surface area contributed by atoms with Crippen molar-refractivity contribution in [3.05, 3.63) is 35.4 Å². The highest BCUT2D eigenvalue weighted by Crippen LogP contribution is 2.38. The highest BCUT2D eigenvalue weighted by molar-refractivity contribution is 6.02. The molecule has 0 unspecified atom stereocenters. The van der Waals surface area contributed by atoms with E-state index in [1.165, 1.54) is 0 Å². The summed E-state index contributed by atoms with van der Waals surface area (Å²) >= 11 is 0. The van der Waals surface area contributed by atoms with E-state index in [0.717, 1.165) is 36.2 Å². The van der Waals surface area contributed by atoms with Gasteiger partial charge in [0.2, 0.25) is 11.8 Å². The van der Waals surface area contributed by atoms with E-state index in [-0.39, 0.29) is 24.0 Å². The normalized spacial score (nSPS) is 24.5. The predicted molar refractivity (Wildman–Crippen MR) is 122 cm³/mol. The first-order valence-corrected chi connectivity index (χ1v) is 11.2. The van der Waals surface area contributed by atoms with Crippen LogP contribution in [0.5, 0.6) is 0 Å². The van der Waals surface area contributed by atoms with Crippen molar-refractivity contribution in [2.45, 2.75) is 58.6 Å². The van der Waals surface area contributed by atoms with Crippen LogP contribution in [0.1, 0.15) is 50.7 Å². The summed E-state index contributed by atoms with van der Waals surface area (Å²) in [5, 5.41) is 7.55. The molecule has 1 aromatic rings. The lowest BCUT2D eigenvalue weighted by molar-refractivity contribution is -0.143. The smallest absolute Gasteiger partial charge is 0.228 e. The number of piperidine rings is 1. The number of oxime groups is 1. The number of hydrogen-bond donors (Lipinski definition) is 1. The van der Waals surface area contributed by atoms with Gasteiger partial charge in [0.05, 0.1) is 11.1 Å². The second kappa shape index (κ2) is 9.81. The van der Waals surface area contributed by atoms with Gasteiger partial charge in [0.25, 0.3) is 0 Å². The summed E-state index contributed by atoms with van der Waals surface area (Å²) in [6, 6.07) is 8.17. The lowest BCUT2D eigenvalue weighted by Crippen LogP contribution is -2.56. The zero-order valence-electron chi connectivity index (χ0n) is 19.5. The molecular weight excluding hydrogens is 392 g/mol. The first-order valence-electron chi connectivity index (χ1n) is 11.2. The topological polar surface area (TPSA) is 74.2 Å². The molecule has 1 aromatic carbocycles. The van der Waals surface area contributed by atoms with Crippen LogP contribution in [0.25, 0.3) is 0 Å². The van der Waals surface area contributed by atoms with Crippen LogP contribution in [0, 0.1) is 12.3 Å². The number of carbonyl (C=O) groups is 2. The number of amides is 2. The first kappa shape index (κ1) is 23.3. The maximum absolute atomic E-state index is 13.5. The molecule has 7 nitrogen and oxygen atoms in total. The van der Waals surface area contributed by atoms with Crippen LogP contribution in [0.15, 0.2) is 29.4 Å². The molecule has 0 spiro atoms. The van der Waals surface area contributed by atoms with E-state index < -0.39 is 5.41 Å². The summed E-state index contributed by atoms with van der Waals surface area (Å²) in [6.45, 7) is 7.56. The molecule has 2 heterocycles. The van der Waals surface area contributed by atoms with Crippen molar-refractivity contribution >= 4 is 17.5 Å². The number of rotatable bonds is 7. The number of hydrogen-bond acceptors (Lipinski definition) is 5. The molecular formula is C24H36N4O3. The number of carbonyl (C=O) groups excluding carboxylic acids is 2. The van der Waals surface area contributed by atoms with Crippen LogP contribution in [0.4, 0.5) is 0 Å². The van der Waals surface area contributed by atoms with Crippen LogP contribution < -0.4 is 5.32 Å². The molecule has 1 fully saturated rings. The summed E-state index contributed by atoms with van der Waals surface area (Å²) in [4.78, 5) is 35.3. The monoisotopic (exact) mass is 428 g/mol. The standard InChI is InChI=1S/C24H36N4O3/c1-17-9-6-7-10-21(17)22-13-20(31-26-22)14-24(11-8-12-28(16-24)19(3)29)23(30)25-18(2)15-27(4)5/h6-7,9-10,18,20H,8,11-16H2,1-5H3,(H,25,30)/t18-,20-,24-/m1/s1. The van der Waals surface area contributed by atoms with Gasteiger partial charge in [0.1, 0.15) is 6.10 Å². The number of benzene rings is 1. The summed E-state index contributed by atoms with van der Waals surface area (Å²) in [7, 11) is 3.99. The molecule has 1 N–H and O–H groups in total. The number of aryl methyl sites for hydroxylation is 1. The minimum Gasteiger partial charge on any atom is -0.392 e. The predicted octanol–water partition coefficient (Wildman–Crippen LogP) is 2.57. The molecule has 1 saturated heterocycles. The van der Waals surface area contributed by atoms with Gasteiger partial charge in [0, 0.05) is 51.0 Å². The Bertz CT molecular complexity index is 838. The van der Waals surface area contributed by atoms with Crippen LogP contribution in [-0.2, 0) is 14.4 Å². The Kier molecular flexibility index (Phi) is 7.36. The maximum atomic E-state index is 13.5. The highest BCUT2D eigenvalue weighted by Gasteiger charge is 2.46. The van der Waals surface area contributed by atoms with Gasteiger partial charge in [-0.1, -0.05) is 29.4 Å². The van der Waals surface area contributed by atoms with Crippen LogP contribution in [-0.4, -0.2) is 73.2 Å². The Morgan fingerprint density at radius 3 is 2.77 bits per heavy atom. The Morgan fingerprint density at radius 2 is 2.10 bits per heavy atom. The van der Waals surface area contributed by atoms with Crippen molar-refractivity contribution in [2.75, 3.05) is 33.7 Å². The molecule has 2 aliphatic rings. The Balaban J connectivity index is 1.75. The van der Waals surface area contributed by atoms with Gasteiger partial charge in [-0.3, -0.25) is 9.59 Å². The fourth-order valence-corrected chi connectivity index (χ4v) is 4.84. The summed E-state index contributed by atoms with van der Waals surface area (Å²) in [5.74, 6) is 0.0307. The van der Waals surface area contributed by atoms with E-state index in [1.54, 1.807) is 11.8 Å². The largest absolute Gasteiger partial charge is 0.392 e. The summed E-state index contributed by atoms with van der Waals surface area (Å²) in [5.41, 5.74) is 2.53. The molecule has 0 aromatic heterocycles. The Morgan fingerprint density at radius 1 is 1.35 bits per heavy atom. The fraction of sp³-hybridized carbons (Fsp3) is 0.625. The number of likely N-dealkylation sites (tertiary alicyclic amines) is 1. The number of nitrogens with zero attached hydrogens (tertiary/aromatic N) is 3. The Hall–Kier alpha value is -2.41. The molecule has 2 amide bonds. The number of nitrogens with one attached hydrogen (secondary N) is 1. The van der Waals surface area contributed by atoms with E-state index in [2.05, 4.69) is 34.4 Å².